The average Bonchev–Trinajstić information content (AvgIpc) is 3.14. The molecule has 3 saturated heterocycles. The Morgan fingerprint density at radius 1 is 1.09 bits per heavy atom. The summed E-state index contributed by atoms with van der Waals surface area (Å²) in [5.41, 5.74) is -0.539. The summed E-state index contributed by atoms with van der Waals surface area (Å²) in [6.45, 7) is 3.85. The van der Waals surface area contributed by atoms with Crippen molar-refractivity contribution in [1.29, 1.82) is 0 Å². The fourth-order valence-electron chi connectivity index (χ4n) is 5.43. The molecule has 190 valence electrons. The third kappa shape index (κ3) is 5.41. The molecule has 3 aliphatic rings. The van der Waals surface area contributed by atoms with Crippen LogP contribution in [0.2, 0.25) is 0 Å². The number of benzene rings is 1. The van der Waals surface area contributed by atoms with Crippen LogP contribution < -0.4 is 0 Å². The molecule has 0 unspecified atom stereocenters. The van der Waals surface area contributed by atoms with Crippen LogP contribution in [0, 0.1) is 5.92 Å². The van der Waals surface area contributed by atoms with Crippen molar-refractivity contribution >= 4 is 23.6 Å². The molecular formula is C26H35N3O6. The third-order valence-electron chi connectivity index (χ3n) is 7.36. The fraction of sp³-hybridized carbons (Fsp3) is 0.615. The van der Waals surface area contributed by atoms with E-state index in [0.29, 0.717) is 58.0 Å². The number of ether oxygens (including phenoxy) is 2. The van der Waals surface area contributed by atoms with Gasteiger partial charge in [0.05, 0.1) is 24.5 Å². The van der Waals surface area contributed by atoms with E-state index in [1.807, 2.05) is 35.2 Å². The Labute approximate surface area is 206 Å². The Balaban J connectivity index is 1.50. The maximum atomic E-state index is 13.7. The van der Waals surface area contributed by atoms with Crippen molar-refractivity contribution in [2.45, 2.75) is 37.5 Å². The minimum absolute atomic E-state index is 0.0292. The Bertz CT molecular complexity index is 932. The summed E-state index contributed by atoms with van der Waals surface area (Å²) >= 11 is 0. The molecule has 2 atom stereocenters. The molecule has 0 N–H and O–H groups in total. The van der Waals surface area contributed by atoms with Gasteiger partial charge in [-0.1, -0.05) is 30.3 Å². The van der Waals surface area contributed by atoms with E-state index in [1.165, 1.54) is 4.90 Å². The lowest BCUT2D eigenvalue weighted by Crippen LogP contribution is -2.51. The number of rotatable bonds is 8. The zero-order valence-electron chi connectivity index (χ0n) is 20.4. The summed E-state index contributed by atoms with van der Waals surface area (Å²) < 4.78 is 10.4. The van der Waals surface area contributed by atoms with Crippen LogP contribution in [0.15, 0.2) is 30.3 Å². The molecule has 0 aliphatic carbocycles. The highest BCUT2D eigenvalue weighted by Crippen LogP contribution is 2.40. The quantitative estimate of drug-likeness (QED) is 0.406. The lowest BCUT2D eigenvalue weighted by molar-refractivity contribution is -0.146. The van der Waals surface area contributed by atoms with Gasteiger partial charge in [0.2, 0.25) is 23.6 Å². The summed E-state index contributed by atoms with van der Waals surface area (Å²) in [4.78, 5) is 58.0. The smallest absolute Gasteiger partial charge is 0.240 e. The van der Waals surface area contributed by atoms with Crippen LogP contribution in [0.3, 0.4) is 0 Å². The van der Waals surface area contributed by atoms with Crippen molar-refractivity contribution in [2.75, 3.05) is 59.7 Å². The molecule has 9 heteroatoms. The van der Waals surface area contributed by atoms with E-state index in [-0.39, 0.29) is 48.9 Å². The van der Waals surface area contributed by atoms with Crippen LogP contribution in [0.25, 0.3) is 0 Å². The zero-order chi connectivity index (χ0) is 24.8. The Hall–Kier alpha value is -2.78. The molecule has 9 nitrogen and oxygen atoms in total. The van der Waals surface area contributed by atoms with Crippen molar-refractivity contribution in [3.63, 3.8) is 0 Å². The maximum Gasteiger partial charge on any atom is 0.240 e. The molecule has 3 aliphatic heterocycles. The van der Waals surface area contributed by atoms with Gasteiger partial charge in [-0.3, -0.25) is 24.1 Å². The van der Waals surface area contributed by atoms with Crippen molar-refractivity contribution in [3.05, 3.63) is 35.9 Å². The van der Waals surface area contributed by atoms with Gasteiger partial charge < -0.3 is 19.3 Å². The number of carbonyl (C=O) groups is 4. The number of amides is 4. The maximum absolute atomic E-state index is 13.7. The summed E-state index contributed by atoms with van der Waals surface area (Å²) in [6.07, 6.45) is 1.92. The van der Waals surface area contributed by atoms with Crippen LogP contribution in [0.5, 0.6) is 0 Å². The van der Waals surface area contributed by atoms with E-state index >= 15 is 0 Å². The summed E-state index contributed by atoms with van der Waals surface area (Å²) in [5, 5.41) is 0. The van der Waals surface area contributed by atoms with Crippen molar-refractivity contribution in [3.8, 4) is 0 Å². The van der Waals surface area contributed by atoms with Gasteiger partial charge in [0, 0.05) is 59.3 Å². The van der Waals surface area contributed by atoms with E-state index in [4.69, 9.17) is 9.47 Å². The minimum atomic E-state index is -1.22. The molecule has 3 heterocycles. The standard InChI is InChI=1S/C26H35N3O6/c1-34-14-6-11-29-23(31)18-26(25(29)33,21-8-3-2-4-9-21)17-22(30)28-10-5-7-20(19-28)24(32)27-12-15-35-16-13-27/h2-4,8-9,20H,5-7,10-19H2,1H3/t20-,26+/m0/s1. The van der Waals surface area contributed by atoms with Crippen LogP contribution >= 0.6 is 0 Å². The number of carbonyl (C=O) groups excluding carboxylic acids is 4. The second-order valence-corrected chi connectivity index (χ2v) is 9.62. The second-order valence-electron chi connectivity index (χ2n) is 9.62. The molecule has 0 bridgehead atoms. The highest BCUT2D eigenvalue weighted by atomic mass is 16.5. The van der Waals surface area contributed by atoms with E-state index in [1.54, 1.807) is 12.0 Å². The van der Waals surface area contributed by atoms with Gasteiger partial charge in [0.15, 0.2) is 0 Å². The van der Waals surface area contributed by atoms with Crippen LogP contribution in [0.4, 0.5) is 0 Å². The molecule has 0 spiro atoms. The summed E-state index contributed by atoms with van der Waals surface area (Å²) in [6, 6.07) is 9.13. The first-order chi connectivity index (χ1) is 17.0. The lowest BCUT2D eigenvalue weighted by Gasteiger charge is -2.37. The van der Waals surface area contributed by atoms with Crippen LogP contribution in [-0.2, 0) is 34.1 Å². The molecule has 4 rings (SSSR count). The number of piperidine rings is 1. The number of methoxy groups -OCH3 is 1. The van der Waals surface area contributed by atoms with Gasteiger partial charge in [0.1, 0.15) is 0 Å². The van der Waals surface area contributed by atoms with Gasteiger partial charge in [-0.15, -0.1) is 0 Å². The molecule has 35 heavy (non-hydrogen) atoms. The fourth-order valence-corrected chi connectivity index (χ4v) is 5.43. The first kappa shape index (κ1) is 25.3. The Morgan fingerprint density at radius 3 is 2.54 bits per heavy atom. The van der Waals surface area contributed by atoms with Crippen LogP contribution in [-0.4, -0.2) is 98.0 Å². The zero-order valence-corrected chi connectivity index (χ0v) is 20.4. The predicted molar refractivity (Wildman–Crippen MR) is 127 cm³/mol. The number of imide groups is 1. The first-order valence-electron chi connectivity index (χ1n) is 12.5. The van der Waals surface area contributed by atoms with Crippen molar-refractivity contribution in [2.24, 2.45) is 5.92 Å². The topological polar surface area (TPSA) is 96.5 Å². The predicted octanol–water partition coefficient (Wildman–Crippen LogP) is 1.21. The van der Waals surface area contributed by atoms with E-state index in [9.17, 15) is 19.2 Å². The number of hydrogen-bond acceptors (Lipinski definition) is 6. The van der Waals surface area contributed by atoms with E-state index in [2.05, 4.69) is 0 Å². The molecule has 0 saturated carbocycles. The van der Waals surface area contributed by atoms with Gasteiger partial charge >= 0.3 is 0 Å². The third-order valence-corrected chi connectivity index (χ3v) is 7.36. The highest BCUT2D eigenvalue weighted by molar-refractivity contribution is 6.10. The molecule has 4 amide bonds. The number of nitrogens with zero attached hydrogens (tertiary/aromatic N) is 3. The molecule has 1 aromatic rings. The SMILES string of the molecule is COCCCN1C(=O)C[C@](CC(=O)N2CCC[C@H](C(=O)N3CCOCC3)C2)(c2ccccc2)C1=O. The molecular weight excluding hydrogens is 450 g/mol. The van der Waals surface area contributed by atoms with Gasteiger partial charge in [-0.2, -0.15) is 0 Å². The number of morpholine rings is 1. The number of likely N-dealkylation sites (tertiary alicyclic amines) is 2. The number of hydrogen-bond donors (Lipinski definition) is 0. The van der Waals surface area contributed by atoms with E-state index < -0.39 is 5.41 Å². The highest BCUT2D eigenvalue weighted by Gasteiger charge is 2.54. The second kappa shape index (κ2) is 11.3. The molecule has 1 aromatic carbocycles. The van der Waals surface area contributed by atoms with Gasteiger partial charge in [0.25, 0.3) is 0 Å². The van der Waals surface area contributed by atoms with Crippen molar-refractivity contribution < 1.29 is 28.7 Å². The lowest BCUT2D eigenvalue weighted by atomic mass is 9.75. The van der Waals surface area contributed by atoms with Crippen LogP contribution in [0.1, 0.15) is 37.7 Å². The van der Waals surface area contributed by atoms with Crippen molar-refractivity contribution in [1.82, 2.24) is 14.7 Å². The van der Waals surface area contributed by atoms with Gasteiger partial charge in [-0.25, -0.2) is 0 Å². The normalized spacial score (nSPS) is 25.3. The molecule has 3 fully saturated rings. The molecule has 0 radical (unpaired) electrons. The summed E-state index contributed by atoms with van der Waals surface area (Å²) in [5.74, 6) is -0.948. The molecule has 0 aromatic heterocycles. The Kier molecular flexibility index (Phi) is 8.18. The van der Waals surface area contributed by atoms with Gasteiger partial charge in [-0.05, 0) is 24.8 Å². The monoisotopic (exact) mass is 485 g/mol. The first-order valence-corrected chi connectivity index (χ1v) is 12.5. The minimum Gasteiger partial charge on any atom is -0.385 e. The largest absolute Gasteiger partial charge is 0.385 e. The Morgan fingerprint density at radius 2 is 1.83 bits per heavy atom. The average molecular weight is 486 g/mol. The summed E-state index contributed by atoms with van der Waals surface area (Å²) in [7, 11) is 1.58. The van der Waals surface area contributed by atoms with E-state index in [0.717, 1.165) is 12.8 Å².